The SMILES string of the molecule is [Pt+2].[c-]1c(-c2ccccn2)cc(-c2nccs2)cc1-n1c2[c-]c(-c3nc4ccc(-c5nccs5)cc4o3)ccc2c2ccccc21. The first-order valence-corrected chi connectivity index (χ1v) is 15.7. The van der Waals surface area contributed by atoms with E-state index in [2.05, 4.69) is 74.1 Å². The minimum absolute atomic E-state index is 0. The minimum Gasteiger partial charge on any atom is -0.481 e. The Morgan fingerprint density at radius 1 is 0.667 bits per heavy atom. The van der Waals surface area contributed by atoms with Gasteiger partial charge in [-0.25, -0.2) is 9.97 Å². The van der Waals surface area contributed by atoms with Gasteiger partial charge >= 0.3 is 21.1 Å². The molecule has 0 aliphatic heterocycles. The summed E-state index contributed by atoms with van der Waals surface area (Å²) in [5, 5.41) is 8.06. The van der Waals surface area contributed by atoms with Gasteiger partial charge < -0.3 is 14.0 Å². The molecule has 6 nitrogen and oxygen atoms in total. The van der Waals surface area contributed by atoms with E-state index in [0.717, 1.165) is 71.0 Å². The molecule has 216 valence electrons. The quantitative estimate of drug-likeness (QED) is 0.163. The molecule has 5 aromatic heterocycles. The second kappa shape index (κ2) is 11.3. The molecule has 4 aromatic carbocycles. The number of nitrogens with zero attached hydrogens (tertiary/aromatic N) is 5. The Kier molecular flexibility index (Phi) is 6.98. The van der Waals surface area contributed by atoms with E-state index in [4.69, 9.17) is 9.40 Å². The Morgan fingerprint density at radius 2 is 1.49 bits per heavy atom. The fraction of sp³-hybridized carbons (Fsp3) is 0. The Hall–Kier alpha value is -4.75. The van der Waals surface area contributed by atoms with Crippen LogP contribution in [0.4, 0.5) is 0 Å². The molecule has 0 saturated heterocycles. The fourth-order valence-corrected chi connectivity index (χ4v) is 6.89. The summed E-state index contributed by atoms with van der Waals surface area (Å²) >= 11 is 3.21. The molecule has 9 rings (SSSR count). The van der Waals surface area contributed by atoms with Gasteiger partial charge in [0.1, 0.15) is 21.5 Å². The number of hydrogen-bond acceptors (Lipinski definition) is 7. The first-order chi connectivity index (χ1) is 21.8. The number of hydrogen-bond donors (Lipinski definition) is 0. The van der Waals surface area contributed by atoms with Crippen molar-refractivity contribution in [2.24, 2.45) is 0 Å². The average molecular weight is 797 g/mol. The molecule has 0 saturated carbocycles. The third kappa shape index (κ3) is 4.82. The summed E-state index contributed by atoms with van der Waals surface area (Å²) in [5.41, 5.74) is 8.88. The van der Waals surface area contributed by atoms with Crippen LogP contribution in [0.3, 0.4) is 0 Å². The van der Waals surface area contributed by atoms with Gasteiger partial charge in [0.05, 0.1) is 5.52 Å². The molecule has 0 unspecified atom stereocenters. The first-order valence-electron chi connectivity index (χ1n) is 13.9. The molecule has 0 atom stereocenters. The van der Waals surface area contributed by atoms with Crippen molar-refractivity contribution in [3.63, 3.8) is 0 Å². The van der Waals surface area contributed by atoms with Crippen LogP contribution in [-0.2, 0) is 21.1 Å². The van der Waals surface area contributed by atoms with Crippen molar-refractivity contribution in [1.29, 1.82) is 0 Å². The molecule has 0 radical (unpaired) electrons. The Morgan fingerprint density at radius 3 is 2.29 bits per heavy atom. The molecule has 45 heavy (non-hydrogen) atoms. The monoisotopic (exact) mass is 796 g/mol. The molecule has 0 amide bonds. The van der Waals surface area contributed by atoms with E-state index >= 15 is 0 Å². The van der Waals surface area contributed by atoms with Crippen molar-refractivity contribution in [2.45, 2.75) is 0 Å². The van der Waals surface area contributed by atoms with Gasteiger partial charge in [-0.3, -0.25) is 4.98 Å². The Labute approximate surface area is 280 Å². The van der Waals surface area contributed by atoms with Crippen molar-refractivity contribution in [3.05, 3.63) is 126 Å². The second-order valence-electron chi connectivity index (χ2n) is 10.2. The van der Waals surface area contributed by atoms with Crippen LogP contribution in [0, 0.1) is 12.1 Å². The zero-order valence-corrected chi connectivity index (χ0v) is 27.2. The fourth-order valence-electron chi connectivity index (χ4n) is 5.63. The van der Waals surface area contributed by atoms with Gasteiger partial charge in [-0.05, 0) is 52.6 Å². The summed E-state index contributed by atoms with van der Waals surface area (Å²) in [7, 11) is 0. The third-order valence-corrected chi connectivity index (χ3v) is 9.24. The van der Waals surface area contributed by atoms with Crippen LogP contribution >= 0.6 is 22.7 Å². The maximum Gasteiger partial charge on any atom is 2.00 e. The van der Waals surface area contributed by atoms with Crippen LogP contribution in [-0.4, -0.2) is 24.5 Å². The van der Waals surface area contributed by atoms with Crippen LogP contribution in [0.2, 0.25) is 0 Å². The largest absolute Gasteiger partial charge is 2.00 e. The van der Waals surface area contributed by atoms with E-state index in [-0.39, 0.29) is 21.1 Å². The maximum atomic E-state index is 6.31. The van der Waals surface area contributed by atoms with Crippen molar-refractivity contribution in [3.8, 4) is 49.5 Å². The molecule has 0 aliphatic carbocycles. The Bertz CT molecular complexity index is 2450. The molecule has 0 N–H and O–H groups in total. The zero-order chi connectivity index (χ0) is 29.0. The van der Waals surface area contributed by atoms with E-state index in [0.29, 0.717) is 11.5 Å². The van der Waals surface area contributed by atoms with E-state index < -0.39 is 0 Å². The van der Waals surface area contributed by atoms with Gasteiger partial charge in [0.25, 0.3) is 0 Å². The number of oxazole rings is 1. The van der Waals surface area contributed by atoms with Gasteiger partial charge in [0.15, 0.2) is 0 Å². The predicted octanol–water partition coefficient (Wildman–Crippen LogP) is 9.50. The van der Waals surface area contributed by atoms with E-state index in [1.165, 1.54) is 0 Å². The molecule has 9 aromatic rings. The van der Waals surface area contributed by atoms with Crippen LogP contribution in [0.5, 0.6) is 0 Å². The van der Waals surface area contributed by atoms with Gasteiger partial charge in [-0.1, -0.05) is 46.8 Å². The topological polar surface area (TPSA) is 69.6 Å². The molecule has 0 bridgehead atoms. The number of thiazole rings is 2. The zero-order valence-electron chi connectivity index (χ0n) is 23.2. The summed E-state index contributed by atoms with van der Waals surface area (Å²) in [4.78, 5) is 18.5. The Balaban J connectivity index is 0.00000300. The van der Waals surface area contributed by atoms with Crippen molar-refractivity contribution in [1.82, 2.24) is 24.5 Å². The van der Waals surface area contributed by atoms with Gasteiger partial charge in [0.2, 0.25) is 0 Å². The summed E-state index contributed by atoms with van der Waals surface area (Å²) < 4.78 is 8.52. The number of rotatable bonds is 5. The predicted molar refractivity (Wildman–Crippen MR) is 177 cm³/mol. The van der Waals surface area contributed by atoms with E-state index in [9.17, 15) is 0 Å². The van der Waals surface area contributed by atoms with Crippen LogP contribution in [0.1, 0.15) is 0 Å². The van der Waals surface area contributed by atoms with Crippen molar-refractivity contribution >= 4 is 55.6 Å². The number of fused-ring (bicyclic) bond motifs is 4. The normalized spacial score (nSPS) is 11.4. The van der Waals surface area contributed by atoms with Crippen molar-refractivity contribution < 1.29 is 25.5 Å². The second-order valence-corrected chi connectivity index (χ2v) is 12.0. The molecule has 0 aliphatic rings. The molecule has 0 fully saturated rings. The smallest absolute Gasteiger partial charge is 0.481 e. The average Bonchev–Trinajstić information content (AvgIpc) is 3.90. The maximum absolute atomic E-state index is 6.31. The molecular formula is C36H19N5OPtS2. The van der Waals surface area contributed by atoms with Gasteiger partial charge in [-0.2, -0.15) is 0 Å². The van der Waals surface area contributed by atoms with Crippen LogP contribution in [0.15, 0.2) is 119 Å². The minimum atomic E-state index is 0. The number of aromatic nitrogens is 5. The summed E-state index contributed by atoms with van der Waals surface area (Å²) in [5.74, 6) is 0.518. The third-order valence-electron chi connectivity index (χ3n) is 7.60. The first kappa shape index (κ1) is 27.8. The standard InChI is InChI=1S/C36H19N5OS2.Pt/c1-2-7-31-27(5-1)28-10-8-22(34-40-30-11-9-23(21-33(30)42-34)35-38-13-15-43-35)20-32(28)41(31)26-18-24(29-6-3-4-12-37-29)17-25(19-26)36-39-14-16-44-36;/h1-17,19,21H;/q-2;+2. The van der Waals surface area contributed by atoms with Gasteiger partial charge in [-0.15, -0.1) is 64.6 Å². The van der Waals surface area contributed by atoms with Crippen LogP contribution < -0.4 is 0 Å². The van der Waals surface area contributed by atoms with E-state index in [1.807, 2.05) is 65.6 Å². The van der Waals surface area contributed by atoms with Gasteiger partial charge in [0, 0.05) is 40.4 Å². The molecule has 9 heteroatoms. The number of para-hydroxylation sites is 1. The molecule has 5 heterocycles. The molecule has 0 spiro atoms. The number of benzene rings is 4. The summed E-state index contributed by atoms with van der Waals surface area (Å²) in [6.07, 6.45) is 5.44. The number of pyridine rings is 1. The van der Waals surface area contributed by atoms with E-state index in [1.54, 1.807) is 28.9 Å². The van der Waals surface area contributed by atoms with Crippen molar-refractivity contribution in [2.75, 3.05) is 0 Å². The molecular weight excluding hydrogens is 778 g/mol. The summed E-state index contributed by atoms with van der Waals surface area (Å²) in [6.45, 7) is 0. The summed E-state index contributed by atoms with van der Waals surface area (Å²) in [6, 6.07) is 36.0. The van der Waals surface area contributed by atoms with Crippen LogP contribution in [0.25, 0.3) is 82.4 Å².